The van der Waals surface area contributed by atoms with Crippen molar-refractivity contribution in [2.24, 2.45) is 11.1 Å². The summed E-state index contributed by atoms with van der Waals surface area (Å²) in [4.78, 5) is 5.34. The smallest absolute Gasteiger partial charge is 0.125 e. The van der Waals surface area contributed by atoms with E-state index in [1.165, 1.54) is 0 Å². The molecule has 1 aromatic rings. The number of halogens is 2. The molecule has 4 nitrogen and oxygen atoms in total. The van der Waals surface area contributed by atoms with Crippen LogP contribution in [0.2, 0.25) is 0 Å². The van der Waals surface area contributed by atoms with Crippen molar-refractivity contribution in [3.63, 3.8) is 0 Å². The molecule has 0 aliphatic carbocycles. The van der Waals surface area contributed by atoms with Gasteiger partial charge in [-0.25, -0.2) is 0 Å². The third-order valence-electron chi connectivity index (χ3n) is 4.11. The predicted molar refractivity (Wildman–Crippen MR) is 114 cm³/mol. The highest BCUT2D eigenvalue weighted by Crippen LogP contribution is 2.30. The highest BCUT2D eigenvalue weighted by molar-refractivity contribution is 6.55. The van der Waals surface area contributed by atoms with Gasteiger partial charge in [0, 0.05) is 0 Å². The molecular formula is C21H31Cl2NO3. The second-order valence-electron chi connectivity index (χ2n) is 6.66. The van der Waals surface area contributed by atoms with Crippen LogP contribution in [0, 0.1) is 12.8 Å². The fourth-order valence-electron chi connectivity index (χ4n) is 2.26. The largest absolute Gasteiger partial charge is 0.493 e. The monoisotopic (exact) mass is 415 g/mol. The van der Waals surface area contributed by atoms with Gasteiger partial charge in [0.15, 0.2) is 0 Å². The van der Waals surface area contributed by atoms with Gasteiger partial charge in [0.2, 0.25) is 0 Å². The van der Waals surface area contributed by atoms with Crippen molar-refractivity contribution >= 4 is 28.9 Å². The van der Waals surface area contributed by atoms with Crippen LogP contribution < -0.4 is 9.47 Å². The molecule has 0 N–H and O–H groups in total. The zero-order chi connectivity index (χ0) is 20.2. The Balaban J connectivity index is 2.48. The van der Waals surface area contributed by atoms with Crippen molar-refractivity contribution in [1.82, 2.24) is 0 Å². The first-order valence-corrected chi connectivity index (χ1v) is 10.2. The molecule has 0 atom stereocenters. The molecule has 152 valence electrons. The first-order chi connectivity index (χ1) is 12.8. The summed E-state index contributed by atoms with van der Waals surface area (Å²) in [7, 11) is 0. The number of oxime groups is 1. The summed E-state index contributed by atoms with van der Waals surface area (Å²) in [6.07, 6.45) is 4.30. The van der Waals surface area contributed by atoms with E-state index in [-0.39, 0.29) is 4.49 Å². The van der Waals surface area contributed by atoms with Crippen LogP contribution in [-0.2, 0) is 11.3 Å². The van der Waals surface area contributed by atoms with Gasteiger partial charge in [-0.1, -0.05) is 49.1 Å². The molecule has 0 aliphatic heterocycles. The van der Waals surface area contributed by atoms with E-state index in [0.717, 1.165) is 47.6 Å². The molecule has 0 fully saturated rings. The summed E-state index contributed by atoms with van der Waals surface area (Å²) in [5.41, 5.74) is 3.19. The first-order valence-electron chi connectivity index (χ1n) is 9.41. The maximum atomic E-state index is 6.02. The van der Waals surface area contributed by atoms with Crippen LogP contribution in [0.1, 0.15) is 51.7 Å². The lowest BCUT2D eigenvalue weighted by atomic mass is 10.1. The lowest BCUT2D eigenvalue weighted by Gasteiger charge is -2.15. The van der Waals surface area contributed by atoms with Crippen molar-refractivity contribution in [1.29, 1.82) is 0 Å². The molecule has 0 saturated heterocycles. The fourth-order valence-corrected chi connectivity index (χ4v) is 2.39. The van der Waals surface area contributed by atoms with Gasteiger partial charge >= 0.3 is 0 Å². The van der Waals surface area contributed by atoms with Crippen molar-refractivity contribution in [2.75, 3.05) is 19.8 Å². The molecule has 27 heavy (non-hydrogen) atoms. The number of ether oxygens (including phenoxy) is 2. The minimum Gasteiger partial charge on any atom is -0.493 e. The molecule has 0 spiro atoms. The molecule has 0 amide bonds. The van der Waals surface area contributed by atoms with Crippen LogP contribution in [0.5, 0.6) is 11.5 Å². The lowest BCUT2D eigenvalue weighted by molar-refractivity contribution is 0.134. The number of nitrogens with zero attached hydrogens (tertiary/aromatic N) is 1. The zero-order valence-corrected chi connectivity index (χ0v) is 18.5. The quantitative estimate of drug-likeness (QED) is 0.223. The summed E-state index contributed by atoms with van der Waals surface area (Å²) in [5.74, 6) is 2.14. The van der Waals surface area contributed by atoms with Crippen molar-refractivity contribution in [2.45, 2.75) is 53.9 Å². The average Bonchev–Trinajstić information content (AvgIpc) is 2.61. The Morgan fingerprint density at radius 1 is 1.15 bits per heavy atom. The van der Waals surface area contributed by atoms with Crippen LogP contribution >= 0.6 is 23.2 Å². The third kappa shape index (κ3) is 9.39. The molecule has 0 heterocycles. The molecule has 0 radical (unpaired) electrons. The Hall–Kier alpha value is -1.39. The van der Waals surface area contributed by atoms with Crippen LogP contribution in [0.3, 0.4) is 0 Å². The summed E-state index contributed by atoms with van der Waals surface area (Å²) in [5, 5.41) is 4.11. The van der Waals surface area contributed by atoms with Crippen LogP contribution in [0.4, 0.5) is 0 Å². The Kier molecular flexibility index (Phi) is 11.3. The Morgan fingerprint density at radius 2 is 1.85 bits per heavy atom. The van der Waals surface area contributed by atoms with E-state index in [4.69, 9.17) is 37.5 Å². The SMILES string of the molecule is CCc1cc(OCC=C(Cl)Cl)cc(C)c1OCCCCON=C(C)C(C)C. The summed E-state index contributed by atoms with van der Waals surface area (Å²) in [6.45, 7) is 11.9. The molecule has 0 aromatic heterocycles. The summed E-state index contributed by atoms with van der Waals surface area (Å²) in [6, 6.07) is 3.97. The maximum Gasteiger partial charge on any atom is 0.125 e. The average molecular weight is 416 g/mol. The van der Waals surface area contributed by atoms with E-state index in [2.05, 4.69) is 25.9 Å². The van der Waals surface area contributed by atoms with Gasteiger partial charge in [-0.2, -0.15) is 0 Å². The van der Waals surface area contributed by atoms with Gasteiger partial charge in [0.1, 0.15) is 29.2 Å². The van der Waals surface area contributed by atoms with Crippen LogP contribution in [0.25, 0.3) is 0 Å². The molecular weight excluding hydrogens is 385 g/mol. The second-order valence-corrected chi connectivity index (χ2v) is 7.67. The molecule has 0 bridgehead atoms. The number of hydrogen-bond acceptors (Lipinski definition) is 4. The molecule has 0 saturated carbocycles. The molecule has 0 aliphatic rings. The molecule has 0 unspecified atom stereocenters. The molecule has 1 rings (SSSR count). The van der Waals surface area contributed by atoms with E-state index < -0.39 is 0 Å². The normalized spacial score (nSPS) is 11.5. The topological polar surface area (TPSA) is 40.0 Å². The van der Waals surface area contributed by atoms with E-state index in [0.29, 0.717) is 25.7 Å². The Labute approximate surface area is 173 Å². The predicted octanol–water partition coefficient (Wildman–Crippen LogP) is 6.46. The molecule has 1 aromatic carbocycles. The van der Waals surface area contributed by atoms with E-state index in [9.17, 15) is 0 Å². The van der Waals surface area contributed by atoms with Gasteiger partial charge in [0.25, 0.3) is 0 Å². The van der Waals surface area contributed by atoms with Gasteiger partial charge in [-0.05, 0) is 68.4 Å². The van der Waals surface area contributed by atoms with Gasteiger partial charge in [0.05, 0.1) is 12.3 Å². The van der Waals surface area contributed by atoms with Crippen molar-refractivity contribution < 1.29 is 14.3 Å². The maximum absolute atomic E-state index is 6.02. The number of hydrogen-bond donors (Lipinski definition) is 0. The summed E-state index contributed by atoms with van der Waals surface area (Å²) >= 11 is 11.2. The zero-order valence-electron chi connectivity index (χ0n) is 17.0. The Morgan fingerprint density at radius 3 is 2.48 bits per heavy atom. The van der Waals surface area contributed by atoms with E-state index >= 15 is 0 Å². The van der Waals surface area contributed by atoms with E-state index in [1.54, 1.807) is 6.08 Å². The van der Waals surface area contributed by atoms with E-state index in [1.807, 2.05) is 26.0 Å². The van der Waals surface area contributed by atoms with Gasteiger partial charge < -0.3 is 14.3 Å². The lowest BCUT2D eigenvalue weighted by Crippen LogP contribution is -2.05. The first kappa shape index (κ1) is 23.6. The van der Waals surface area contributed by atoms with Crippen molar-refractivity contribution in [3.8, 4) is 11.5 Å². The second kappa shape index (κ2) is 12.9. The standard InChI is InChI=1S/C21H31Cl2NO3/c1-6-18-14-19(25-12-9-20(22)23)13-16(4)21(18)26-10-7-8-11-27-24-17(5)15(2)3/h9,13-15H,6-8,10-12H2,1-5H3. The van der Waals surface area contributed by atoms with Crippen LogP contribution in [0.15, 0.2) is 27.9 Å². The minimum absolute atomic E-state index is 0.205. The highest BCUT2D eigenvalue weighted by atomic mass is 35.5. The summed E-state index contributed by atoms with van der Waals surface area (Å²) < 4.78 is 11.9. The Bertz CT molecular complexity index is 639. The van der Waals surface area contributed by atoms with Crippen molar-refractivity contribution in [3.05, 3.63) is 33.8 Å². The van der Waals surface area contributed by atoms with Gasteiger partial charge in [-0.3, -0.25) is 0 Å². The van der Waals surface area contributed by atoms with Crippen LogP contribution in [-0.4, -0.2) is 25.5 Å². The van der Waals surface area contributed by atoms with Gasteiger partial charge in [-0.15, -0.1) is 0 Å². The fraction of sp³-hybridized carbons (Fsp3) is 0.571. The number of unbranched alkanes of at least 4 members (excludes halogenated alkanes) is 1. The highest BCUT2D eigenvalue weighted by Gasteiger charge is 2.09. The number of rotatable bonds is 12. The number of benzene rings is 1. The molecule has 6 heteroatoms. The minimum atomic E-state index is 0.205. The number of aryl methyl sites for hydroxylation is 2. The third-order valence-corrected chi connectivity index (χ3v) is 4.42.